The Bertz CT molecular complexity index is 458. The van der Waals surface area contributed by atoms with Gasteiger partial charge in [-0.05, 0) is 42.5 Å². The predicted molar refractivity (Wildman–Crippen MR) is 69.0 cm³/mol. The molecule has 1 atom stereocenters. The van der Waals surface area contributed by atoms with Crippen LogP contribution in [0.25, 0.3) is 0 Å². The number of thioether (sulfide) groups is 1. The average molecular weight is 283 g/mol. The zero-order valence-electron chi connectivity index (χ0n) is 10.5. The highest BCUT2D eigenvalue weighted by Gasteiger charge is 2.29. The van der Waals surface area contributed by atoms with E-state index in [1.54, 1.807) is 0 Å². The number of rotatable bonds is 8. The summed E-state index contributed by atoms with van der Waals surface area (Å²) in [7, 11) is 0. The van der Waals surface area contributed by atoms with Crippen molar-refractivity contribution in [1.82, 2.24) is 25.5 Å². The van der Waals surface area contributed by atoms with Gasteiger partial charge in [0.2, 0.25) is 5.16 Å². The first-order valence-corrected chi connectivity index (χ1v) is 7.62. The molecule has 2 N–H and O–H groups in total. The Balaban J connectivity index is 1.47. The minimum Gasteiger partial charge on any atom is -0.480 e. The molecule has 3 rings (SSSR count). The molecule has 0 spiro atoms. The third kappa shape index (κ3) is 3.44. The molecule has 0 aromatic carbocycles. The van der Waals surface area contributed by atoms with E-state index in [9.17, 15) is 4.79 Å². The fraction of sp³-hybridized carbons (Fsp3) is 0.818. The Morgan fingerprint density at radius 1 is 1.47 bits per heavy atom. The molecule has 104 valence electrons. The summed E-state index contributed by atoms with van der Waals surface area (Å²) >= 11 is 1.54. The lowest BCUT2D eigenvalue weighted by atomic mass is 10.2. The Labute approximate surface area is 115 Å². The Morgan fingerprint density at radius 2 is 2.26 bits per heavy atom. The number of hydrogen-bond acceptors (Lipinski definition) is 6. The minimum atomic E-state index is -0.769. The number of nitrogens with one attached hydrogen (secondary N) is 1. The molecule has 1 aromatic heterocycles. The Morgan fingerprint density at radius 3 is 2.89 bits per heavy atom. The Hall–Kier alpha value is -1.15. The molecule has 2 saturated carbocycles. The van der Waals surface area contributed by atoms with E-state index in [1.807, 2.05) is 4.68 Å². The number of tetrazole rings is 1. The summed E-state index contributed by atoms with van der Waals surface area (Å²) in [5, 5.41) is 24.7. The molecule has 1 aromatic rings. The van der Waals surface area contributed by atoms with Crippen LogP contribution in [0.4, 0.5) is 0 Å². The molecule has 2 fully saturated rings. The van der Waals surface area contributed by atoms with Crippen LogP contribution in [0.3, 0.4) is 0 Å². The van der Waals surface area contributed by atoms with Gasteiger partial charge in [0.15, 0.2) is 0 Å². The molecule has 1 heterocycles. The van der Waals surface area contributed by atoms with Gasteiger partial charge in [-0.2, -0.15) is 0 Å². The van der Waals surface area contributed by atoms with Crippen molar-refractivity contribution in [2.75, 3.05) is 5.75 Å². The number of carboxylic acid groups (broad SMARTS) is 1. The molecular formula is C11H17N5O2S. The molecule has 7 nitrogen and oxygen atoms in total. The van der Waals surface area contributed by atoms with Gasteiger partial charge in [0.25, 0.3) is 0 Å². The second-order valence-corrected chi connectivity index (χ2v) is 6.17. The van der Waals surface area contributed by atoms with Crippen LogP contribution >= 0.6 is 11.8 Å². The quantitative estimate of drug-likeness (QED) is 0.678. The maximum Gasteiger partial charge on any atom is 0.320 e. The maximum atomic E-state index is 11.1. The summed E-state index contributed by atoms with van der Waals surface area (Å²) in [4.78, 5) is 11.1. The summed E-state index contributed by atoms with van der Waals surface area (Å²) < 4.78 is 1.86. The average Bonchev–Trinajstić information content (AvgIpc) is 3.29. The van der Waals surface area contributed by atoms with Crippen LogP contribution in [0.1, 0.15) is 38.1 Å². The first kappa shape index (κ1) is 12.9. The van der Waals surface area contributed by atoms with E-state index < -0.39 is 12.0 Å². The third-order valence-electron chi connectivity index (χ3n) is 3.31. The number of carboxylic acids is 1. The minimum absolute atomic E-state index is 0.405. The summed E-state index contributed by atoms with van der Waals surface area (Å²) in [5.41, 5.74) is 0. The fourth-order valence-electron chi connectivity index (χ4n) is 1.91. The van der Waals surface area contributed by atoms with E-state index in [0.717, 1.165) is 30.8 Å². The molecule has 0 bridgehead atoms. The van der Waals surface area contributed by atoms with Crippen LogP contribution in [-0.4, -0.2) is 49.1 Å². The lowest BCUT2D eigenvalue weighted by Gasteiger charge is -2.13. The first-order valence-electron chi connectivity index (χ1n) is 6.63. The summed E-state index contributed by atoms with van der Waals surface area (Å²) in [6.45, 7) is 0. The van der Waals surface area contributed by atoms with Crippen LogP contribution in [0.5, 0.6) is 0 Å². The summed E-state index contributed by atoms with van der Waals surface area (Å²) in [6.07, 6.45) is 5.06. The van der Waals surface area contributed by atoms with E-state index in [-0.39, 0.29) is 0 Å². The third-order valence-corrected chi connectivity index (χ3v) is 4.27. The van der Waals surface area contributed by atoms with Crippen molar-refractivity contribution < 1.29 is 9.90 Å². The van der Waals surface area contributed by atoms with Crippen LogP contribution < -0.4 is 5.32 Å². The van der Waals surface area contributed by atoms with Crippen LogP contribution in [0.15, 0.2) is 5.16 Å². The molecule has 8 heteroatoms. The molecule has 19 heavy (non-hydrogen) atoms. The highest BCUT2D eigenvalue weighted by Crippen LogP contribution is 2.36. The number of hydrogen-bond donors (Lipinski definition) is 2. The molecule has 2 aliphatic rings. The highest BCUT2D eigenvalue weighted by atomic mass is 32.2. The van der Waals surface area contributed by atoms with E-state index >= 15 is 0 Å². The Kier molecular flexibility index (Phi) is 3.69. The topological polar surface area (TPSA) is 92.9 Å². The summed E-state index contributed by atoms with van der Waals surface area (Å²) in [5.74, 6) is -0.0571. The van der Waals surface area contributed by atoms with Gasteiger partial charge >= 0.3 is 5.97 Å². The molecule has 0 amide bonds. The van der Waals surface area contributed by atoms with Crippen molar-refractivity contribution in [3.63, 3.8) is 0 Å². The maximum absolute atomic E-state index is 11.1. The standard InChI is InChI=1S/C11H17N5O2S/c17-10(18)9(12-7-1-2-7)5-6-19-11-13-14-15-16(11)8-3-4-8/h7-9,12H,1-6H2,(H,17,18). The van der Waals surface area contributed by atoms with Crippen molar-refractivity contribution in [2.45, 2.75) is 55.4 Å². The van der Waals surface area contributed by atoms with Gasteiger partial charge in [-0.15, -0.1) is 5.10 Å². The molecule has 0 aliphatic heterocycles. The van der Waals surface area contributed by atoms with Gasteiger partial charge in [0.1, 0.15) is 6.04 Å². The number of carbonyl (C=O) groups is 1. The van der Waals surface area contributed by atoms with E-state index in [0.29, 0.717) is 24.3 Å². The first-order chi connectivity index (χ1) is 9.24. The van der Waals surface area contributed by atoms with Crippen molar-refractivity contribution in [3.05, 3.63) is 0 Å². The second kappa shape index (κ2) is 5.46. The van der Waals surface area contributed by atoms with Crippen LogP contribution in [-0.2, 0) is 4.79 Å². The zero-order valence-corrected chi connectivity index (χ0v) is 11.3. The van der Waals surface area contributed by atoms with Crippen LogP contribution in [0, 0.1) is 0 Å². The fourth-order valence-corrected chi connectivity index (χ4v) is 2.86. The van der Waals surface area contributed by atoms with Gasteiger partial charge in [-0.3, -0.25) is 4.79 Å². The molecule has 1 unspecified atom stereocenters. The molecule has 0 saturated heterocycles. The molecule has 2 aliphatic carbocycles. The van der Waals surface area contributed by atoms with Gasteiger partial charge in [-0.1, -0.05) is 11.8 Å². The largest absolute Gasteiger partial charge is 0.480 e. The van der Waals surface area contributed by atoms with E-state index in [4.69, 9.17) is 5.11 Å². The van der Waals surface area contributed by atoms with Gasteiger partial charge in [0.05, 0.1) is 6.04 Å². The second-order valence-electron chi connectivity index (χ2n) is 5.11. The highest BCUT2D eigenvalue weighted by molar-refractivity contribution is 7.99. The monoisotopic (exact) mass is 283 g/mol. The lowest BCUT2D eigenvalue weighted by molar-refractivity contribution is -0.139. The van der Waals surface area contributed by atoms with E-state index in [1.165, 1.54) is 11.8 Å². The van der Waals surface area contributed by atoms with Crippen molar-refractivity contribution in [3.8, 4) is 0 Å². The molecular weight excluding hydrogens is 266 g/mol. The number of aromatic nitrogens is 4. The van der Waals surface area contributed by atoms with E-state index in [2.05, 4.69) is 20.8 Å². The van der Waals surface area contributed by atoms with Crippen molar-refractivity contribution >= 4 is 17.7 Å². The van der Waals surface area contributed by atoms with Gasteiger partial charge in [-0.25, -0.2) is 4.68 Å². The van der Waals surface area contributed by atoms with Gasteiger partial charge in [0, 0.05) is 11.8 Å². The lowest BCUT2D eigenvalue weighted by Crippen LogP contribution is -2.38. The zero-order chi connectivity index (χ0) is 13.2. The number of aliphatic carboxylic acids is 1. The smallest absolute Gasteiger partial charge is 0.320 e. The normalized spacial score (nSPS) is 20.4. The van der Waals surface area contributed by atoms with Crippen molar-refractivity contribution in [2.24, 2.45) is 0 Å². The van der Waals surface area contributed by atoms with Crippen molar-refractivity contribution in [1.29, 1.82) is 0 Å². The summed E-state index contributed by atoms with van der Waals surface area (Å²) in [6, 6.07) is 0.408. The van der Waals surface area contributed by atoms with Gasteiger partial charge < -0.3 is 10.4 Å². The predicted octanol–water partition coefficient (Wildman–Crippen LogP) is 0.695. The van der Waals surface area contributed by atoms with Crippen LogP contribution in [0.2, 0.25) is 0 Å². The number of nitrogens with zero attached hydrogens (tertiary/aromatic N) is 4. The SMILES string of the molecule is O=C(O)C(CCSc1nnnn1C1CC1)NC1CC1. The molecule has 0 radical (unpaired) electrons.